The van der Waals surface area contributed by atoms with E-state index in [2.05, 4.69) is 36.1 Å². The fourth-order valence-electron chi connectivity index (χ4n) is 3.87. The normalized spacial score (nSPS) is 15.4. The fraction of sp³-hybridized carbons (Fsp3) is 0.318. The Labute approximate surface area is 164 Å². The highest BCUT2D eigenvalue weighted by Crippen LogP contribution is 2.27. The number of aryl methyl sites for hydroxylation is 2. The molecule has 1 amide bonds. The van der Waals surface area contributed by atoms with E-state index in [9.17, 15) is 4.79 Å². The van der Waals surface area contributed by atoms with Crippen molar-refractivity contribution in [3.8, 4) is 0 Å². The number of piperazine rings is 1. The summed E-state index contributed by atoms with van der Waals surface area (Å²) in [6.07, 6.45) is 0. The van der Waals surface area contributed by atoms with Gasteiger partial charge in [0.25, 0.3) is 5.91 Å². The molecule has 0 bridgehead atoms. The van der Waals surface area contributed by atoms with Gasteiger partial charge in [0.15, 0.2) is 0 Å². The summed E-state index contributed by atoms with van der Waals surface area (Å²) in [6.45, 7) is 6.35. The van der Waals surface area contributed by atoms with Gasteiger partial charge in [-0.2, -0.15) is 0 Å². The summed E-state index contributed by atoms with van der Waals surface area (Å²) in [5, 5.41) is 1.62. The van der Waals surface area contributed by atoms with Gasteiger partial charge in [-0.05, 0) is 30.7 Å². The van der Waals surface area contributed by atoms with Crippen molar-refractivity contribution in [3.05, 3.63) is 70.4 Å². The topological polar surface area (TPSA) is 28.5 Å². The van der Waals surface area contributed by atoms with Crippen LogP contribution in [0.4, 0.5) is 0 Å². The van der Waals surface area contributed by atoms with E-state index in [1.807, 2.05) is 40.8 Å². The Balaban J connectivity index is 1.44. The molecular formula is C22H24ClN3O. The molecule has 2 aromatic carbocycles. The number of carbonyl (C=O) groups is 1. The van der Waals surface area contributed by atoms with Crippen molar-refractivity contribution in [1.29, 1.82) is 0 Å². The average Bonchev–Trinajstić information content (AvgIpc) is 3.00. The number of amides is 1. The first-order valence-electron chi connectivity index (χ1n) is 9.34. The minimum atomic E-state index is 0.0833. The van der Waals surface area contributed by atoms with Crippen molar-refractivity contribution in [2.24, 2.45) is 7.05 Å². The van der Waals surface area contributed by atoms with Gasteiger partial charge in [-0.25, -0.2) is 0 Å². The Bertz CT molecular complexity index is 986. The Morgan fingerprint density at radius 3 is 2.48 bits per heavy atom. The van der Waals surface area contributed by atoms with Gasteiger partial charge in [0, 0.05) is 55.7 Å². The predicted octanol–water partition coefficient (Wildman–Crippen LogP) is 4.10. The van der Waals surface area contributed by atoms with Crippen LogP contribution in [0.15, 0.2) is 48.5 Å². The van der Waals surface area contributed by atoms with Crippen LogP contribution in [0.3, 0.4) is 0 Å². The van der Waals surface area contributed by atoms with Crippen molar-refractivity contribution in [2.45, 2.75) is 13.5 Å². The number of hydrogen-bond acceptors (Lipinski definition) is 2. The van der Waals surface area contributed by atoms with Gasteiger partial charge in [-0.15, -0.1) is 0 Å². The molecule has 2 heterocycles. The molecule has 0 unspecified atom stereocenters. The van der Waals surface area contributed by atoms with Gasteiger partial charge in [0.05, 0.1) is 0 Å². The SMILES string of the molecule is Cc1cccc(CN2CCN(C(=O)c3cc4c(Cl)cccc4n3C)CC2)c1. The van der Waals surface area contributed by atoms with E-state index >= 15 is 0 Å². The Kier molecular flexibility index (Phi) is 4.94. The lowest BCUT2D eigenvalue weighted by molar-refractivity contribution is 0.0619. The summed E-state index contributed by atoms with van der Waals surface area (Å²) >= 11 is 6.30. The van der Waals surface area contributed by atoms with Crippen LogP contribution in [0, 0.1) is 6.92 Å². The molecule has 0 radical (unpaired) electrons. The van der Waals surface area contributed by atoms with Gasteiger partial charge in [-0.1, -0.05) is 47.5 Å². The van der Waals surface area contributed by atoms with Crippen molar-refractivity contribution in [1.82, 2.24) is 14.4 Å². The number of fused-ring (bicyclic) bond motifs is 1. The smallest absolute Gasteiger partial charge is 0.270 e. The standard InChI is InChI=1S/C22H24ClN3O/c1-16-5-3-6-17(13-16)15-25-9-11-26(12-10-25)22(27)21-14-18-19(23)7-4-8-20(18)24(21)2/h3-8,13-14H,9-12,15H2,1-2H3. The van der Waals surface area contributed by atoms with Crippen LogP contribution in [-0.4, -0.2) is 46.5 Å². The Morgan fingerprint density at radius 2 is 1.78 bits per heavy atom. The summed E-state index contributed by atoms with van der Waals surface area (Å²) in [5.41, 5.74) is 4.31. The molecular weight excluding hydrogens is 358 g/mol. The molecule has 4 rings (SSSR count). The lowest BCUT2D eigenvalue weighted by Crippen LogP contribution is -2.48. The minimum absolute atomic E-state index is 0.0833. The van der Waals surface area contributed by atoms with Gasteiger partial charge in [-0.3, -0.25) is 9.69 Å². The molecule has 0 aliphatic carbocycles. The number of nitrogens with zero attached hydrogens (tertiary/aromatic N) is 3. The van der Waals surface area contributed by atoms with Crippen LogP contribution in [0.1, 0.15) is 21.6 Å². The van der Waals surface area contributed by atoms with Crippen molar-refractivity contribution < 1.29 is 4.79 Å². The number of rotatable bonds is 3. The van der Waals surface area contributed by atoms with E-state index in [1.54, 1.807) is 0 Å². The zero-order valence-corrected chi connectivity index (χ0v) is 16.5. The largest absolute Gasteiger partial charge is 0.340 e. The van der Waals surface area contributed by atoms with E-state index in [4.69, 9.17) is 11.6 Å². The second-order valence-electron chi connectivity index (χ2n) is 7.32. The molecule has 1 fully saturated rings. The summed E-state index contributed by atoms with van der Waals surface area (Å²) < 4.78 is 1.95. The second-order valence-corrected chi connectivity index (χ2v) is 7.73. The second kappa shape index (κ2) is 7.37. The van der Waals surface area contributed by atoms with E-state index in [0.717, 1.165) is 43.6 Å². The first kappa shape index (κ1) is 18.1. The van der Waals surface area contributed by atoms with Crippen molar-refractivity contribution in [2.75, 3.05) is 26.2 Å². The van der Waals surface area contributed by atoms with Crippen molar-refractivity contribution >= 4 is 28.4 Å². The maximum Gasteiger partial charge on any atom is 0.270 e. The van der Waals surface area contributed by atoms with E-state index < -0.39 is 0 Å². The molecule has 4 nitrogen and oxygen atoms in total. The van der Waals surface area contributed by atoms with Gasteiger partial charge in [0.1, 0.15) is 5.69 Å². The molecule has 1 aliphatic rings. The molecule has 1 aromatic heterocycles. The molecule has 0 N–H and O–H groups in total. The summed E-state index contributed by atoms with van der Waals surface area (Å²) in [6, 6.07) is 16.3. The van der Waals surface area contributed by atoms with Crippen molar-refractivity contribution in [3.63, 3.8) is 0 Å². The monoisotopic (exact) mass is 381 g/mol. The average molecular weight is 382 g/mol. The first-order chi connectivity index (χ1) is 13.0. The van der Waals surface area contributed by atoms with Gasteiger partial charge >= 0.3 is 0 Å². The van der Waals surface area contributed by atoms with Crippen LogP contribution >= 0.6 is 11.6 Å². The number of hydrogen-bond donors (Lipinski definition) is 0. The number of halogens is 1. The van der Waals surface area contributed by atoms with Crippen LogP contribution in [0.25, 0.3) is 10.9 Å². The number of benzene rings is 2. The summed E-state index contributed by atoms with van der Waals surface area (Å²) in [5.74, 6) is 0.0833. The first-order valence-corrected chi connectivity index (χ1v) is 9.72. The fourth-order valence-corrected chi connectivity index (χ4v) is 4.09. The van der Waals surface area contributed by atoms with E-state index in [0.29, 0.717) is 10.7 Å². The Hall–Kier alpha value is -2.30. The highest BCUT2D eigenvalue weighted by molar-refractivity contribution is 6.35. The highest BCUT2D eigenvalue weighted by Gasteiger charge is 2.25. The lowest BCUT2D eigenvalue weighted by atomic mass is 10.1. The van der Waals surface area contributed by atoms with E-state index in [1.165, 1.54) is 11.1 Å². The lowest BCUT2D eigenvalue weighted by Gasteiger charge is -2.34. The maximum absolute atomic E-state index is 13.1. The molecule has 27 heavy (non-hydrogen) atoms. The molecule has 0 atom stereocenters. The molecule has 1 saturated heterocycles. The van der Waals surface area contributed by atoms with Gasteiger partial charge in [0.2, 0.25) is 0 Å². The quantitative estimate of drug-likeness (QED) is 0.683. The van der Waals surface area contributed by atoms with Crippen LogP contribution in [-0.2, 0) is 13.6 Å². The molecule has 1 aliphatic heterocycles. The van der Waals surface area contributed by atoms with Crippen LogP contribution in [0.2, 0.25) is 5.02 Å². The van der Waals surface area contributed by atoms with Crippen LogP contribution < -0.4 is 0 Å². The molecule has 0 saturated carbocycles. The van der Waals surface area contributed by atoms with E-state index in [-0.39, 0.29) is 5.91 Å². The molecule has 140 valence electrons. The zero-order valence-electron chi connectivity index (χ0n) is 15.8. The molecule has 3 aromatic rings. The molecule has 0 spiro atoms. The summed E-state index contributed by atoms with van der Waals surface area (Å²) in [7, 11) is 1.93. The predicted molar refractivity (Wildman–Crippen MR) is 110 cm³/mol. The third-order valence-electron chi connectivity index (χ3n) is 5.40. The third-order valence-corrected chi connectivity index (χ3v) is 5.73. The summed E-state index contributed by atoms with van der Waals surface area (Å²) in [4.78, 5) is 17.4. The number of carbonyl (C=O) groups excluding carboxylic acids is 1. The maximum atomic E-state index is 13.1. The molecule has 5 heteroatoms. The number of aromatic nitrogens is 1. The van der Waals surface area contributed by atoms with Gasteiger partial charge < -0.3 is 9.47 Å². The Morgan fingerprint density at radius 1 is 1.04 bits per heavy atom. The third kappa shape index (κ3) is 3.60. The highest BCUT2D eigenvalue weighted by atomic mass is 35.5. The van der Waals surface area contributed by atoms with Crippen LogP contribution in [0.5, 0.6) is 0 Å². The zero-order chi connectivity index (χ0) is 19.0. The minimum Gasteiger partial charge on any atom is -0.340 e.